The second kappa shape index (κ2) is 6.99. The van der Waals surface area contributed by atoms with Crippen LogP contribution >= 0.6 is 0 Å². The van der Waals surface area contributed by atoms with Gasteiger partial charge in [-0.25, -0.2) is 0 Å². The Bertz CT molecular complexity index is 791. The van der Waals surface area contributed by atoms with Crippen LogP contribution in [0.1, 0.15) is 11.5 Å². The fourth-order valence-electron chi connectivity index (χ4n) is 3.75. The second-order valence-corrected chi connectivity index (χ2v) is 7.03. The molecule has 0 bridgehead atoms. The monoisotopic (exact) mass is 356 g/mol. The molecule has 0 radical (unpaired) electrons. The van der Waals surface area contributed by atoms with Crippen molar-refractivity contribution in [2.24, 2.45) is 13.0 Å². The standard InChI is InChI=1S/C19H24N4O3/c1-22(11-14-12-25-17-5-3-4-6-18(17)26-14)19(24)16-9-20-8-15(16)13-7-21-23(2)10-13/h3-7,10,14-16,20H,8-9,11-12H2,1-2H3/t14?,15-,16+/m1/s1. The van der Waals surface area contributed by atoms with Crippen molar-refractivity contribution in [3.63, 3.8) is 0 Å². The molecule has 2 aliphatic heterocycles. The van der Waals surface area contributed by atoms with Crippen LogP contribution in [0.4, 0.5) is 0 Å². The molecule has 3 heterocycles. The van der Waals surface area contributed by atoms with Crippen molar-refractivity contribution in [3.05, 3.63) is 42.2 Å². The number of hydrogen-bond acceptors (Lipinski definition) is 5. The first kappa shape index (κ1) is 16.9. The third kappa shape index (κ3) is 3.26. The first-order chi connectivity index (χ1) is 12.6. The van der Waals surface area contributed by atoms with Gasteiger partial charge in [-0.2, -0.15) is 5.10 Å². The minimum Gasteiger partial charge on any atom is -0.486 e. The second-order valence-electron chi connectivity index (χ2n) is 7.03. The molecular weight excluding hydrogens is 332 g/mol. The summed E-state index contributed by atoms with van der Waals surface area (Å²) in [4.78, 5) is 14.8. The molecule has 2 aromatic rings. The molecule has 3 atom stereocenters. The number of nitrogens with zero attached hydrogens (tertiary/aromatic N) is 3. The number of hydrogen-bond donors (Lipinski definition) is 1. The summed E-state index contributed by atoms with van der Waals surface area (Å²) in [5.41, 5.74) is 1.11. The van der Waals surface area contributed by atoms with E-state index in [9.17, 15) is 4.79 Å². The lowest BCUT2D eigenvalue weighted by atomic mass is 9.90. The number of para-hydroxylation sites is 2. The minimum atomic E-state index is -0.162. The molecule has 2 aliphatic rings. The molecule has 1 aromatic heterocycles. The van der Waals surface area contributed by atoms with Crippen molar-refractivity contribution >= 4 is 5.91 Å². The maximum atomic E-state index is 13.0. The number of aryl methyl sites for hydroxylation is 1. The highest BCUT2D eigenvalue weighted by atomic mass is 16.6. The number of carbonyl (C=O) groups is 1. The average Bonchev–Trinajstić information content (AvgIpc) is 3.29. The van der Waals surface area contributed by atoms with Gasteiger partial charge >= 0.3 is 0 Å². The van der Waals surface area contributed by atoms with E-state index in [4.69, 9.17) is 9.47 Å². The van der Waals surface area contributed by atoms with Gasteiger partial charge < -0.3 is 19.7 Å². The van der Waals surface area contributed by atoms with Crippen LogP contribution in [0.5, 0.6) is 11.5 Å². The van der Waals surface area contributed by atoms with Crippen LogP contribution in [0.3, 0.4) is 0 Å². The van der Waals surface area contributed by atoms with Crippen molar-refractivity contribution in [1.29, 1.82) is 0 Å². The van der Waals surface area contributed by atoms with E-state index < -0.39 is 0 Å². The molecule has 1 N–H and O–H groups in total. The highest BCUT2D eigenvalue weighted by Gasteiger charge is 2.37. The van der Waals surface area contributed by atoms with Crippen LogP contribution < -0.4 is 14.8 Å². The van der Waals surface area contributed by atoms with E-state index in [1.807, 2.05) is 50.8 Å². The first-order valence-electron chi connectivity index (χ1n) is 8.94. The number of nitrogens with one attached hydrogen (secondary N) is 1. The Morgan fingerprint density at radius 1 is 1.35 bits per heavy atom. The number of benzene rings is 1. The van der Waals surface area contributed by atoms with E-state index in [0.29, 0.717) is 19.7 Å². The molecule has 4 rings (SSSR count). The number of fused-ring (bicyclic) bond motifs is 1. The maximum Gasteiger partial charge on any atom is 0.227 e. The van der Waals surface area contributed by atoms with Crippen molar-refractivity contribution < 1.29 is 14.3 Å². The highest BCUT2D eigenvalue weighted by Crippen LogP contribution is 2.32. The number of aromatic nitrogens is 2. The van der Waals surface area contributed by atoms with Crippen molar-refractivity contribution in [3.8, 4) is 11.5 Å². The van der Waals surface area contributed by atoms with E-state index >= 15 is 0 Å². The van der Waals surface area contributed by atoms with Gasteiger partial charge in [-0.3, -0.25) is 9.48 Å². The molecule has 0 spiro atoms. The smallest absolute Gasteiger partial charge is 0.227 e. The zero-order valence-electron chi connectivity index (χ0n) is 15.1. The van der Waals surface area contributed by atoms with Crippen LogP contribution in [0, 0.1) is 5.92 Å². The van der Waals surface area contributed by atoms with Gasteiger partial charge in [0.05, 0.1) is 18.7 Å². The Morgan fingerprint density at radius 2 is 2.15 bits per heavy atom. The lowest BCUT2D eigenvalue weighted by Gasteiger charge is -2.31. The summed E-state index contributed by atoms with van der Waals surface area (Å²) in [6, 6.07) is 7.62. The summed E-state index contributed by atoms with van der Waals surface area (Å²) >= 11 is 0. The average molecular weight is 356 g/mol. The summed E-state index contributed by atoms with van der Waals surface area (Å²) in [6.45, 7) is 2.44. The van der Waals surface area contributed by atoms with Crippen molar-refractivity contribution in [2.75, 3.05) is 33.3 Å². The predicted octanol–water partition coefficient (Wildman–Crippen LogP) is 1.02. The third-order valence-electron chi connectivity index (χ3n) is 5.11. The van der Waals surface area contributed by atoms with E-state index in [-0.39, 0.29) is 23.8 Å². The van der Waals surface area contributed by atoms with Crippen LogP contribution in [0.25, 0.3) is 0 Å². The highest BCUT2D eigenvalue weighted by molar-refractivity contribution is 5.80. The fraction of sp³-hybridized carbons (Fsp3) is 0.474. The van der Waals surface area contributed by atoms with Crippen LogP contribution in [0.15, 0.2) is 36.7 Å². The predicted molar refractivity (Wildman–Crippen MR) is 96.3 cm³/mol. The molecule has 1 saturated heterocycles. The Morgan fingerprint density at radius 3 is 2.92 bits per heavy atom. The number of amides is 1. The molecule has 7 nitrogen and oxygen atoms in total. The summed E-state index contributed by atoms with van der Waals surface area (Å²) < 4.78 is 13.5. The Kier molecular flexibility index (Phi) is 4.55. The lowest BCUT2D eigenvalue weighted by Crippen LogP contribution is -2.44. The normalized spacial score (nSPS) is 24.5. The van der Waals surface area contributed by atoms with Gasteiger partial charge in [0.2, 0.25) is 5.91 Å². The summed E-state index contributed by atoms with van der Waals surface area (Å²) in [5, 5.41) is 7.58. The number of carbonyl (C=O) groups excluding carboxylic acids is 1. The molecule has 7 heteroatoms. The number of likely N-dealkylation sites (N-methyl/N-ethyl adjacent to an activating group) is 1. The molecular formula is C19H24N4O3. The van der Waals surface area contributed by atoms with Gasteiger partial charge in [-0.1, -0.05) is 12.1 Å². The maximum absolute atomic E-state index is 13.0. The van der Waals surface area contributed by atoms with E-state index in [0.717, 1.165) is 23.6 Å². The summed E-state index contributed by atoms with van der Waals surface area (Å²) in [5.74, 6) is 1.70. The van der Waals surface area contributed by atoms with Gasteiger partial charge in [-0.15, -0.1) is 0 Å². The lowest BCUT2D eigenvalue weighted by molar-refractivity contribution is -0.135. The van der Waals surface area contributed by atoms with Gasteiger partial charge in [0.25, 0.3) is 0 Å². The van der Waals surface area contributed by atoms with Gasteiger partial charge in [0.15, 0.2) is 17.6 Å². The molecule has 0 saturated carbocycles. The number of rotatable bonds is 4. The quantitative estimate of drug-likeness (QED) is 0.886. The zero-order valence-corrected chi connectivity index (χ0v) is 15.1. The number of ether oxygens (including phenoxy) is 2. The van der Waals surface area contributed by atoms with Crippen LogP contribution in [-0.2, 0) is 11.8 Å². The molecule has 0 aliphatic carbocycles. The molecule has 1 aromatic carbocycles. The fourth-order valence-corrected chi connectivity index (χ4v) is 3.75. The van der Waals surface area contributed by atoms with Gasteiger partial charge in [0, 0.05) is 39.3 Å². The zero-order chi connectivity index (χ0) is 18.1. The van der Waals surface area contributed by atoms with Crippen LogP contribution in [0.2, 0.25) is 0 Å². The van der Waals surface area contributed by atoms with Crippen molar-refractivity contribution in [2.45, 2.75) is 12.0 Å². The SMILES string of the molecule is CN(CC1COc2ccccc2O1)C(=O)[C@H]1CNC[C@@H]1c1cnn(C)c1. The molecule has 1 fully saturated rings. The topological polar surface area (TPSA) is 68.6 Å². The molecule has 26 heavy (non-hydrogen) atoms. The van der Waals surface area contributed by atoms with E-state index in [1.165, 1.54) is 0 Å². The Balaban J connectivity index is 1.40. The largest absolute Gasteiger partial charge is 0.486 e. The Hall–Kier alpha value is -2.54. The first-order valence-corrected chi connectivity index (χ1v) is 8.94. The van der Waals surface area contributed by atoms with Crippen LogP contribution in [-0.4, -0.2) is 60.0 Å². The molecule has 1 unspecified atom stereocenters. The Labute approximate surface area is 152 Å². The van der Waals surface area contributed by atoms with Crippen molar-refractivity contribution in [1.82, 2.24) is 20.0 Å². The molecule has 1 amide bonds. The molecule has 138 valence electrons. The third-order valence-corrected chi connectivity index (χ3v) is 5.11. The van der Waals surface area contributed by atoms with Gasteiger partial charge in [0.1, 0.15) is 6.61 Å². The van der Waals surface area contributed by atoms with E-state index in [2.05, 4.69) is 10.4 Å². The summed E-state index contributed by atoms with van der Waals surface area (Å²) in [7, 11) is 3.73. The van der Waals surface area contributed by atoms with E-state index in [1.54, 1.807) is 9.58 Å². The van der Waals surface area contributed by atoms with Gasteiger partial charge in [-0.05, 0) is 17.7 Å². The summed E-state index contributed by atoms with van der Waals surface area (Å²) in [6.07, 6.45) is 3.69. The minimum absolute atomic E-state index is 0.0824.